The fourth-order valence-electron chi connectivity index (χ4n) is 3.06. The van der Waals surface area contributed by atoms with Gasteiger partial charge in [-0.15, -0.1) is 0 Å². The minimum Gasteiger partial charge on any atom is -0.373 e. The Morgan fingerprint density at radius 1 is 1.12 bits per heavy atom. The number of para-hydroxylation sites is 1. The molecule has 1 aliphatic rings. The lowest BCUT2D eigenvalue weighted by atomic mass is 10.1. The van der Waals surface area contributed by atoms with Gasteiger partial charge in [-0.3, -0.25) is 4.79 Å². The molecule has 3 rings (SSSR count). The number of carbonyl (C=O) groups is 1. The first-order valence-electron chi connectivity index (χ1n) is 8.57. The number of hydrogen-bond acceptors (Lipinski definition) is 2. The van der Waals surface area contributed by atoms with E-state index in [4.69, 9.17) is 0 Å². The van der Waals surface area contributed by atoms with Crippen LogP contribution in [0.4, 0.5) is 18.9 Å². The molecule has 0 bridgehead atoms. The van der Waals surface area contributed by atoms with Crippen LogP contribution in [0.25, 0.3) is 0 Å². The van der Waals surface area contributed by atoms with E-state index < -0.39 is 11.7 Å². The van der Waals surface area contributed by atoms with Crippen LogP contribution in [0, 0.1) is 5.92 Å². The van der Waals surface area contributed by atoms with Gasteiger partial charge < -0.3 is 10.2 Å². The second kappa shape index (κ2) is 7.40. The Bertz CT molecular complexity index is 744. The molecule has 2 atom stereocenters. The van der Waals surface area contributed by atoms with Crippen molar-refractivity contribution in [3.63, 3.8) is 0 Å². The van der Waals surface area contributed by atoms with E-state index in [1.54, 1.807) is 0 Å². The van der Waals surface area contributed by atoms with Crippen LogP contribution in [-0.4, -0.2) is 26.0 Å². The quantitative estimate of drug-likeness (QED) is 0.840. The Morgan fingerprint density at radius 3 is 2.38 bits per heavy atom. The number of halogens is 3. The summed E-state index contributed by atoms with van der Waals surface area (Å²) in [5, 5.41) is 2.92. The van der Waals surface area contributed by atoms with Crippen molar-refractivity contribution in [2.75, 3.05) is 25.0 Å². The minimum absolute atomic E-state index is 0.0177. The highest BCUT2D eigenvalue weighted by molar-refractivity contribution is 5.82. The van der Waals surface area contributed by atoms with Gasteiger partial charge in [-0.2, -0.15) is 13.2 Å². The summed E-state index contributed by atoms with van der Waals surface area (Å²) in [5.74, 6) is -0.158. The molecule has 2 aromatic rings. The number of amides is 1. The third kappa shape index (κ3) is 4.36. The zero-order chi connectivity index (χ0) is 18.7. The van der Waals surface area contributed by atoms with Crippen LogP contribution in [0.15, 0.2) is 54.6 Å². The van der Waals surface area contributed by atoms with Crippen LogP contribution in [0.2, 0.25) is 0 Å². The van der Waals surface area contributed by atoms with Gasteiger partial charge in [0.2, 0.25) is 5.91 Å². The van der Waals surface area contributed by atoms with Crippen molar-refractivity contribution in [2.45, 2.75) is 18.5 Å². The third-order valence-corrected chi connectivity index (χ3v) is 4.74. The predicted molar refractivity (Wildman–Crippen MR) is 95.0 cm³/mol. The van der Waals surface area contributed by atoms with E-state index in [0.717, 1.165) is 23.4 Å². The molecule has 1 fully saturated rings. The van der Waals surface area contributed by atoms with Gasteiger partial charge in [-0.25, -0.2) is 0 Å². The van der Waals surface area contributed by atoms with Crippen molar-refractivity contribution in [1.82, 2.24) is 5.32 Å². The molecule has 1 aliphatic carbocycles. The van der Waals surface area contributed by atoms with Gasteiger partial charge in [0.1, 0.15) is 0 Å². The normalized spacial score (nSPS) is 19.1. The molecule has 0 heterocycles. The van der Waals surface area contributed by atoms with Crippen LogP contribution in [0.1, 0.15) is 23.5 Å². The Hall–Kier alpha value is -2.50. The number of rotatable bonds is 6. The van der Waals surface area contributed by atoms with Crippen LogP contribution >= 0.6 is 0 Å². The van der Waals surface area contributed by atoms with Gasteiger partial charge in [0.15, 0.2) is 0 Å². The maximum Gasteiger partial charge on any atom is 0.416 e. The summed E-state index contributed by atoms with van der Waals surface area (Å²) >= 11 is 0. The first-order valence-corrected chi connectivity index (χ1v) is 8.57. The summed E-state index contributed by atoms with van der Waals surface area (Å²) in [6, 6.07) is 15.0. The molecule has 2 unspecified atom stereocenters. The molecule has 1 amide bonds. The summed E-state index contributed by atoms with van der Waals surface area (Å²) in [4.78, 5) is 14.3. The van der Waals surface area contributed by atoms with Gasteiger partial charge >= 0.3 is 6.18 Å². The van der Waals surface area contributed by atoms with Gasteiger partial charge in [0.05, 0.1) is 5.56 Å². The zero-order valence-electron chi connectivity index (χ0n) is 14.5. The van der Waals surface area contributed by atoms with Crippen molar-refractivity contribution in [2.24, 2.45) is 5.92 Å². The van der Waals surface area contributed by atoms with Crippen LogP contribution in [0.3, 0.4) is 0 Å². The van der Waals surface area contributed by atoms with E-state index in [0.29, 0.717) is 19.5 Å². The summed E-state index contributed by atoms with van der Waals surface area (Å²) < 4.78 is 37.8. The van der Waals surface area contributed by atoms with E-state index in [1.807, 2.05) is 37.4 Å². The summed E-state index contributed by atoms with van der Waals surface area (Å²) in [7, 11) is 1.96. The molecule has 0 aliphatic heterocycles. The number of anilines is 1. The van der Waals surface area contributed by atoms with E-state index in [9.17, 15) is 18.0 Å². The van der Waals surface area contributed by atoms with E-state index in [2.05, 4.69) is 10.2 Å². The first kappa shape index (κ1) is 18.3. The SMILES string of the molecule is CN(CCNC(=O)C1CC1c1ccc(C(F)(F)F)cc1)c1ccccc1. The lowest BCUT2D eigenvalue weighted by Gasteiger charge is -2.19. The largest absolute Gasteiger partial charge is 0.416 e. The molecule has 0 aromatic heterocycles. The average molecular weight is 362 g/mol. The molecule has 26 heavy (non-hydrogen) atoms. The number of benzene rings is 2. The summed E-state index contributed by atoms with van der Waals surface area (Å²) in [6.45, 7) is 1.22. The fraction of sp³-hybridized carbons (Fsp3) is 0.350. The van der Waals surface area contributed by atoms with Crippen LogP contribution < -0.4 is 10.2 Å². The molecule has 1 N–H and O–H groups in total. The van der Waals surface area contributed by atoms with Gasteiger partial charge in [-0.05, 0) is 42.2 Å². The fourth-order valence-corrected chi connectivity index (χ4v) is 3.06. The van der Waals surface area contributed by atoms with Crippen LogP contribution in [0.5, 0.6) is 0 Å². The lowest BCUT2D eigenvalue weighted by molar-refractivity contribution is -0.137. The molecule has 2 aromatic carbocycles. The number of likely N-dealkylation sites (N-methyl/N-ethyl adjacent to an activating group) is 1. The van der Waals surface area contributed by atoms with E-state index in [-0.39, 0.29) is 17.7 Å². The number of nitrogens with zero attached hydrogens (tertiary/aromatic N) is 1. The molecule has 0 spiro atoms. The van der Waals surface area contributed by atoms with Gasteiger partial charge in [0, 0.05) is 31.7 Å². The number of nitrogens with one attached hydrogen (secondary N) is 1. The van der Waals surface area contributed by atoms with Crippen molar-refractivity contribution < 1.29 is 18.0 Å². The van der Waals surface area contributed by atoms with Crippen molar-refractivity contribution >= 4 is 11.6 Å². The predicted octanol–water partition coefficient (Wildman–Crippen LogP) is 4.06. The van der Waals surface area contributed by atoms with Crippen molar-refractivity contribution in [3.8, 4) is 0 Å². The molecular weight excluding hydrogens is 341 g/mol. The smallest absolute Gasteiger partial charge is 0.373 e. The summed E-state index contributed by atoms with van der Waals surface area (Å²) in [6.07, 6.45) is -3.64. The Kier molecular flexibility index (Phi) is 5.20. The maximum atomic E-state index is 12.6. The third-order valence-electron chi connectivity index (χ3n) is 4.74. The molecule has 1 saturated carbocycles. The Morgan fingerprint density at radius 2 is 1.77 bits per heavy atom. The van der Waals surface area contributed by atoms with Gasteiger partial charge in [0.25, 0.3) is 0 Å². The average Bonchev–Trinajstić information content (AvgIpc) is 3.42. The highest BCUT2D eigenvalue weighted by atomic mass is 19.4. The summed E-state index contributed by atoms with van der Waals surface area (Å²) in [5.41, 5.74) is 1.21. The molecule has 6 heteroatoms. The molecule has 0 radical (unpaired) electrons. The number of hydrogen-bond donors (Lipinski definition) is 1. The molecule has 138 valence electrons. The van der Waals surface area contributed by atoms with E-state index in [1.165, 1.54) is 12.1 Å². The van der Waals surface area contributed by atoms with E-state index >= 15 is 0 Å². The highest BCUT2D eigenvalue weighted by Crippen LogP contribution is 2.47. The minimum atomic E-state index is -4.33. The Labute approximate surface area is 150 Å². The standard InChI is InChI=1S/C20H21F3N2O/c1-25(16-5-3-2-4-6-16)12-11-24-19(26)18-13-17(18)14-7-9-15(10-8-14)20(21,22)23/h2-10,17-18H,11-13H2,1H3,(H,24,26). The molecule has 0 saturated heterocycles. The molecule has 3 nitrogen and oxygen atoms in total. The zero-order valence-corrected chi connectivity index (χ0v) is 14.5. The topological polar surface area (TPSA) is 32.3 Å². The van der Waals surface area contributed by atoms with Crippen molar-refractivity contribution in [3.05, 3.63) is 65.7 Å². The van der Waals surface area contributed by atoms with Crippen molar-refractivity contribution in [1.29, 1.82) is 0 Å². The highest BCUT2D eigenvalue weighted by Gasteiger charge is 2.44. The molecular formula is C20H21F3N2O. The second-order valence-electron chi connectivity index (χ2n) is 6.62. The number of carbonyl (C=O) groups excluding carboxylic acids is 1. The second-order valence-corrected chi connectivity index (χ2v) is 6.62. The maximum absolute atomic E-state index is 12.6. The number of alkyl halides is 3. The first-order chi connectivity index (χ1) is 12.4. The Balaban J connectivity index is 1.46. The lowest BCUT2D eigenvalue weighted by Crippen LogP contribution is -2.34. The van der Waals surface area contributed by atoms with Crippen LogP contribution in [-0.2, 0) is 11.0 Å². The monoisotopic (exact) mass is 362 g/mol. The van der Waals surface area contributed by atoms with Gasteiger partial charge in [-0.1, -0.05) is 30.3 Å².